The summed E-state index contributed by atoms with van der Waals surface area (Å²) in [4.78, 5) is 0. The van der Waals surface area contributed by atoms with Gasteiger partial charge in [-0.05, 0) is 24.6 Å². The molecular formula is C14H12N4O3. The lowest BCUT2D eigenvalue weighted by molar-refractivity contribution is 0.401. The molecule has 106 valence electrons. The Hall–Kier alpha value is -3.01. The first-order valence-corrected chi connectivity index (χ1v) is 6.25. The van der Waals surface area contributed by atoms with Crippen LogP contribution in [0.2, 0.25) is 0 Å². The quantitative estimate of drug-likeness (QED) is 0.594. The van der Waals surface area contributed by atoms with Crippen molar-refractivity contribution in [3.05, 3.63) is 35.0 Å². The van der Waals surface area contributed by atoms with Crippen LogP contribution in [0.5, 0.6) is 17.4 Å². The SMILES string of the molecule is Cc1[nH]nc2c1C(c1ccc(O)c(O)c1)C(C#N)C(=N)O2. The van der Waals surface area contributed by atoms with E-state index < -0.39 is 11.8 Å². The van der Waals surface area contributed by atoms with Crippen molar-refractivity contribution in [2.24, 2.45) is 5.92 Å². The van der Waals surface area contributed by atoms with Gasteiger partial charge in [0.05, 0.1) is 6.07 Å². The molecule has 1 aromatic heterocycles. The molecule has 1 aliphatic heterocycles. The van der Waals surface area contributed by atoms with E-state index >= 15 is 0 Å². The molecule has 21 heavy (non-hydrogen) atoms. The van der Waals surface area contributed by atoms with E-state index in [9.17, 15) is 15.5 Å². The molecule has 3 rings (SSSR count). The molecule has 2 aromatic rings. The van der Waals surface area contributed by atoms with Crippen LogP contribution < -0.4 is 4.74 Å². The van der Waals surface area contributed by atoms with E-state index in [1.54, 1.807) is 13.0 Å². The van der Waals surface area contributed by atoms with Gasteiger partial charge in [-0.15, -0.1) is 5.10 Å². The van der Waals surface area contributed by atoms with Crippen molar-refractivity contribution in [1.29, 1.82) is 10.7 Å². The minimum atomic E-state index is -0.822. The van der Waals surface area contributed by atoms with E-state index in [1.165, 1.54) is 12.1 Å². The fourth-order valence-corrected chi connectivity index (χ4v) is 2.57. The zero-order valence-corrected chi connectivity index (χ0v) is 11.1. The highest BCUT2D eigenvalue weighted by Gasteiger charge is 2.39. The number of H-pyrrole nitrogens is 1. The number of phenolic OH excluding ortho intramolecular Hbond substituents is 2. The van der Waals surface area contributed by atoms with Gasteiger partial charge in [0, 0.05) is 17.2 Å². The second-order valence-electron chi connectivity index (χ2n) is 4.87. The third-order valence-electron chi connectivity index (χ3n) is 3.59. The topological polar surface area (TPSA) is 126 Å². The highest BCUT2D eigenvalue weighted by atomic mass is 16.5. The van der Waals surface area contributed by atoms with Gasteiger partial charge in [0.2, 0.25) is 11.8 Å². The molecule has 1 aliphatic rings. The number of nitrogens with one attached hydrogen (secondary N) is 2. The zero-order chi connectivity index (χ0) is 15.1. The summed E-state index contributed by atoms with van der Waals surface area (Å²) in [7, 11) is 0. The fraction of sp³-hybridized carbons (Fsp3) is 0.214. The lowest BCUT2D eigenvalue weighted by atomic mass is 9.79. The maximum Gasteiger partial charge on any atom is 0.243 e. The molecule has 0 spiro atoms. The Bertz CT molecular complexity index is 775. The predicted molar refractivity (Wildman–Crippen MR) is 72.4 cm³/mol. The number of aromatic nitrogens is 2. The largest absolute Gasteiger partial charge is 0.504 e. The summed E-state index contributed by atoms with van der Waals surface area (Å²) < 4.78 is 5.27. The first-order valence-electron chi connectivity index (χ1n) is 6.25. The molecule has 1 aromatic carbocycles. The summed E-state index contributed by atoms with van der Waals surface area (Å²) in [5.74, 6) is -1.74. The monoisotopic (exact) mass is 284 g/mol. The highest BCUT2D eigenvalue weighted by Crippen LogP contribution is 2.44. The number of aromatic hydroxyl groups is 2. The van der Waals surface area contributed by atoms with Crippen molar-refractivity contribution in [3.8, 4) is 23.4 Å². The number of nitrogens with zero attached hydrogens (tertiary/aromatic N) is 2. The molecule has 0 saturated carbocycles. The summed E-state index contributed by atoms with van der Waals surface area (Å²) in [6.07, 6.45) is 0. The van der Waals surface area contributed by atoms with Crippen LogP contribution in [0.4, 0.5) is 0 Å². The van der Waals surface area contributed by atoms with Crippen LogP contribution in [0.25, 0.3) is 0 Å². The van der Waals surface area contributed by atoms with Gasteiger partial charge in [-0.3, -0.25) is 10.5 Å². The van der Waals surface area contributed by atoms with Gasteiger partial charge in [0.25, 0.3) is 0 Å². The number of rotatable bonds is 1. The Labute approximate surface area is 119 Å². The molecule has 0 radical (unpaired) electrons. The van der Waals surface area contributed by atoms with E-state index in [2.05, 4.69) is 16.3 Å². The van der Waals surface area contributed by atoms with Gasteiger partial charge >= 0.3 is 0 Å². The predicted octanol–water partition coefficient (Wildman–Crippen LogP) is 1.77. The number of aryl methyl sites for hydroxylation is 1. The molecule has 0 fully saturated rings. The van der Waals surface area contributed by atoms with Crippen LogP contribution in [0, 0.1) is 29.6 Å². The second kappa shape index (κ2) is 4.52. The Balaban J connectivity index is 2.21. The molecule has 0 bridgehead atoms. The molecule has 2 atom stereocenters. The number of nitriles is 1. The Morgan fingerprint density at radius 2 is 2.14 bits per heavy atom. The summed E-state index contributed by atoms with van der Waals surface area (Å²) in [6, 6.07) is 6.41. The molecule has 7 nitrogen and oxygen atoms in total. The van der Waals surface area contributed by atoms with Gasteiger partial charge in [-0.25, -0.2) is 0 Å². The minimum absolute atomic E-state index is 0.186. The van der Waals surface area contributed by atoms with Crippen LogP contribution in [-0.4, -0.2) is 26.3 Å². The van der Waals surface area contributed by atoms with Crippen molar-refractivity contribution < 1.29 is 14.9 Å². The average molecular weight is 284 g/mol. The van der Waals surface area contributed by atoms with E-state index in [1.807, 2.05) is 0 Å². The van der Waals surface area contributed by atoms with Gasteiger partial charge in [-0.1, -0.05) is 6.07 Å². The summed E-state index contributed by atoms with van der Waals surface area (Å²) in [6.45, 7) is 1.80. The summed E-state index contributed by atoms with van der Waals surface area (Å²) in [5.41, 5.74) is 2.02. The molecule has 0 aliphatic carbocycles. The zero-order valence-electron chi connectivity index (χ0n) is 11.1. The van der Waals surface area contributed by atoms with Crippen LogP contribution in [0.3, 0.4) is 0 Å². The smallest absolute Gasteiger partial charge is 0.243 e. The van der Waals surface area contributed by atoms with Crippen molar-refractivity contribution >= 4 is 5.90 Å². The Morgan fingerprint density at radius 1 is 1.38 bits per heavy atom. The van der Waals surface area contributed by atoms with Crippen LogP contribution in [0.1, 0.15) is 22.7 Å². The van der Waals surface area contributed by atoms with Crippen molar-refractivity contribution in [3.63, 3.8) is 0 Å². The standard InChI is InChI=1S/C14H12N4O3/c1-6-11-12(7-2-3-9(19)10(20)4-7)8(5-15)13(16)21-14(11)18-17-6/h2-4,8,12,16,19-20H,1H3,(H,17,18). The number of benzene rings is 1. The summed E-state index contributed by atoms with van der Waals surface area (Å²) in [5, 5.41) is 43.1. The normalized spacial score (nSPS) is 20.5. The maximum absolute atomic E-state index is 9.68. The number of phenols is 2. The molecular weight excluding hydrogens is 272 g/mol. The molecule has 2 unspecified atom stereocenters. The Kier molecular flexibility index (Phi) is 2.80. The lowest BCUT2D eigenvalue weighted by Crippen LogP contribution is -2.30. The molecule has 0 amide bonds. The van der Waals surface area contributed by atoms with E-state index in [0.29, 0.717) is 11.1 Å². The number of hydrogen-bond acceptors (Lipinski definition) is 6. The van der Waals surface area contributed by atoms with Gasteiger partial charge in [0.1, 0.15) is 5.92 Å². The van der Waals surface area contributed by atoms with Crippen LogP contribution in [-0.2, 0) is 0 Å². The number of hydrogen-bond donors (Lipinski definition) is 4. The van der Waals surface area contributed by atoms with Gasteiger partial charge < -0.3 is 14.9 Å². The highest BCUT2D eigenvalue weighted by molar-refractivity contribution is 5.84. The Morgan fingerprint density at radius 3 is 2.81 bits per heavy atom. The van der Waals surface area contributed by atoms with Gasteiger partial charge in [0.15, 0.2) is 11.5 Å². The van der Waals surface area contributed by atoms with Crippen molar-refractivity contribution in [2.45, 2.75) is 12.8 Å². The lowest BCUT2D eigenvalue weighted by Gasteiger charge is -2.27. The molecule has 0 saturated heterocycles. The van der Waals surface area contributed by atoms with E-state index in [0.717, 1.165) is 5.69 Å². The number of ether oxygens (including phenoxy) is 1. The van der Waals surface area contributed by atoms with Crippen molar-refractivity contribution in [1.82, 2.24) is 10.2 Å². The summed E-state index contributed by atoms with van der Waals surface area (Å²) >= 11 is 0. The average Bonchev–Trinajstić information content (AvgIpc) is 2.81. The molecule has 4 N–H and O–H groups in total. The fourth-order valence-electron chi connectivity index (χ4n) is 2.57. The third-order valence-corrected chi connectivity index (χ3v) is 3.59. The van der Waals surface area contributed by atoms with Gasteiger partial charge in [-0.2, -0.15) is 5.26 Å². The van der Waals surface area contributed by atoms with Crippen molar-refractivity contribution in [2.75, 3.05) is 0 Å². The van der Waals surface area contributed by atoms with Crippen LogP contribution >= 0.6 is 0 Å². The maximum atomic E-state index is 9.68. The van der Waals surface area contributed by atoms with E-state index in [4.69, 9.17) is 10.1 Å². The number of fused-ring (bicyclic) bond motifs is 1. The van der Waals surface area contributed by atoms with Crippen LogP contribution in [0.15, 0.2) is 18.2 Å². The third kappa shape index (κ3) is 1.89. The number of aromatic amines is 1. The van der Waals surface area contributed by atoms with E-state index in [-0.39, 0.29) is 23.3 Å². The first kappa shape index (κ1) is 13.0. The molecule has 2 heterocycles. The second-order valence-corrected chi connectivity index (χ2v) is 4.87. The first-order chi connectivity index (χ1) is 10.0. The minimum Gasteiger partial charge on any atom is -0.504 e. The molecule has 7 heteroatoms.